The highest BCUT2D eigenvalue weighted by molar-refractivity contribution is 7.51. The van der Waals surface area contributed by atoms with Gasteiger partial charge in [-0.05, 0) is 78.7 Å². The maximum absolute atomic E-state index is 10.9. The molecule has 0 aliphatic carbocycles. The van der Waals surface area contributed by atoms with E-state index in [-0.39, 0.29) is 12.1 Å². The Balaban J connectivity index is 1.73. The summed E-state index contributed by atoms with van der Waals surface area (Å²) in [6, 6.07) is 23.3. The van der Waals surface area contributed by atoms with Crippen LogP contribution >= 0.6 is 19.2 Å². The molecule has 0 aromatic heterocycles. The summed E-state index contributed by atoms with van der Waals surface area (Å²) in [5.41, 5.74) is 7.46. The molecule has 0 saturated heterocycles. The van der Waals surface area contributed by atoms with Crippen LogP contribution in [0.1, 0.15) is 45.7 Å². The van der Waals surface area contributed by atoms with Crippen molar-refractivity contribution in [3.05, 3.63) is 105 Å². The quantitative estimate of drug-likeness (QED) is 0.251. The van der Waals surface area contributed by atoms with Gasteiger partial charge in [-0.3, -0.25) is 4.57 Å². The first-order chi connectivity index (χ1) is 15.2. The van der Waals surface area contributed by atoms with Crippen LogP contribution in [0, 0.1) is 13.8 Å². The monoisotopic (exact) mass is 471 g/mol. The lowest BCUT2D eigenvalue weighted by Gasteiger charge is -2.20. The van der Waals surface area contributed by atoms with Crippen LogP contribution in [0.2, 0.25) is 5.02 Å². The average Bonchev–Trinajstić information content (AvgIpc) is 2.74. The molecule has 0 saturated carbocycles. The predicted octanol–water partition coefficient (Wildman–Crippen LogP) is 5.99. The molecule has 32 heavy (non-hydrogen) atoms. The van der Waals surface area contributed by atoms with E-state index in [4.69, 9.17) is 21.4 Å². The van der Waals surface area contributed by atoms with Crippen molar-refractivity contribution in [2.75, 3.05) is 12.7 Å². The van der Waals surface area contributed by atoms with Crippen LogP contribution in [0.5, 0.6) is 0 Å². The number of rotatable bonds is 10. The Hall–Kier alpha value is -1.94. The van der Waals surface area contributed by atoms with E-state index < -0.39 is 7.60 Å². The first kappa shape index (κ1) is 24.7. The summed E-state index contributed by atoms with van der Waals surface area (Å²) in [5.74, 6) is 0.195. The molecule has 0 heterocycles. The van der Waals surface area contributed by atoms with E-state index in [2.05, 4.69) is 67.7 Å². The van der Waals surface area contributed by atoms with E-state index in [1.807, 2.05) is 18.2 Å². The third-order valence-corrected chi connectivity index (χ3v) is 6.91. The first-order valence-electron chi connectivity index (χ1n) is 10.9. The summed E-state index contributed by atoms with van der Waals surface area (Å²) in [5, 5.41) is 3.99. The minimum atomic E-state index is -3.91. The maximum atomic E-state index is 10.9. The number of halogens is 1. The van der Waals surface area contributed by atoms with Crippen molar-refractivity contribution in [1.82, 2.24) is 5.32 Å². The molecular formula is C26H31ClNO3P. The maximum Gasteiger partial charge on any atom is 0.325 e. The predicted molar refractivity (Wildman–Crippen MR) is 133 cm³/mol. The number of nitrogens with one attached hydrogen (secondary N) is 1. The van der Waals surface area contributed by atoms with Crippen molar-refractivity contribution in [1.29, 1.82) is 0 Å². The van der Waals surface area contributed by atoms with Crippen molar-refractivity contribution in [2.45, 2.75) is 39.2 Å². The molecule has 3 aromatic carbocycles. The molecule has 0 fully saturated rings. The number of benzene rings is 3. The second kappa shape index (κ2) is 11.3. The van der Waals surface area contributed by atoms with Crippen LogP contribution in [0.3, 0.4) is 0 Å². The second-order valence-electron chi connectivity index (χ2n) is 8.39. The van der Waals surface area contributed by atoms with Crippen LogP contribution in [0.15, 0.2) is 66.7 Å². The van der Waals surface area contributed by atoms with Gasteiger partial charge in [-0.1, -0.05) is 66.2 Å². The molecule has 3 N–H and O–H groups in total. The molecule has 3 aromatic rings. The van der Waals surface area contributed by atoms with E-state index in [1.54, 1.807) is 0 Å². The van der Waals surface area contributed by atoms with Crippen LogP contribution in [-0.4, -0.2) is 22.5 Å². The van der Waals surface area contributed by atoms with Crippen molar-refractivity contribution in [2.24, 2.45) is 0 Å². The summed E-state index contributed by atoms with van der Waals surface area (Å²) in [7, 11) is -3.91. The van der Waals surface area contributed by atoms with Crippen molar-refractivity contribution in [3.8, 4) is 0 Å². The number of hydrogen-bond acceptors (Lipinski definition) is 2. The van der Waals surface area contributed by atoms with Crippen LogP contribution in [-0.2, 0) is 17.5 Å². The van der Waals surface area contributed by atoms with Gasteiger partial charge in [0.1, 0.15) is 0 Å². The molecule has 0 bridgehead atoms. The molecule has 0 aliphatic rings. The van der Waals surface area contributed by atoms with E-state index in [0.29, 0.717) is 19.5 Å². The van der Waals surface area contributed by atoms with Gasteiger partial charge in [0.15, 0.2) is 0 Å². The molecule has 1 unspecified atom stereocenters. The van der Waals surface area contributed by atoms with Crippen LogP contribution < -0.4 is 5.32 Å². The SMILES string of the molecule is Cc1ccc(CC(c2ccc(CNCCCP(=O)(O)O)cc2)c2cccc(Cl)c2)cc1C. The Labute approximate surface area is 195 Å². The lowest BCUT2D eigenvalue weighted by Crippen LogP contribution is -2.16. The Morgan fingerprint density at radius 3 is 2.28 bits per heavy atom. The topological polar surface area (TPSA) is 69.6 Å². The summed E-state index contributed by atoms with van der Waals surface area (Å²) in [4.78, 5) is 17.9. The molecule has 0 radical (unpaired) electrons. The molecule has 3 rings (SSSR count). The molecule has 6 heteroatoms. The Kier molecular flexibility index (Phi) is 8.70. The number of aryl methyl sites for hydroxylation is 2. The summed E-state index contributed by atoms with van der Waals surface area (Å²) in [6.45, 7) is 5.52. The zero-order valence-electron chi connectivity index (χ0n) is 18.6. The van der Waals surface area contributed by atoms with Gasteiger partial charge in [0.2, 0.25) is 0 Å². The van der Waals surface area contributed by atoms with Crippen molar-refractivity contribution in [3.63, 3.8) is 0 Å². The summed E-state index contributed by atoms with van der Waals surface area (Å²) >= 11 is 6.30. The fourth-order valence-corrected chi connectivity index (χ4v) is 4.60. The Bertz CT molecular complexity index is 1080. The van der Waals surface area contributed by atoms with Gasteiger partial charge in [-0.2, -0.15) is 0 Å². The van der Waals surface area contributed by atoms with Gasteiger partial charge in [0.25, 0.3) is 0 Å². The highest BCUT2D eigenvalue weighted by atomic mass is 35.5. The van der Waals surface area contributed by atoms with Crippen LogP contribution in [0.25, 0.3) is 0 Å². The molecule has 170 valence electrons. The fourth-order valence-electron chi connectivity index (χ4n) is 3.83. The third kappa shape index (κ3) is 7.58. The lowest BCUT2D eigenvalue weighted by molar-refractivity contribution is 0.371. The summed E-state index contributed by atoms with van der Waals surface area (Å²) in [6.07, 6.45) is 1.26. The zero-order valence-corrected chi connectivity index (χ0v) is 20.2. The standard InChI is InChI=1S/C26H31ClNO3P/c1-19-7-8-22(15-20(19)2)16-26(24-5-3-6-25(27)17-24)23-11-9-21(10-12-23)18-28-13-4-14-32(29,30)31/h3,5-12,15,17,26,28H,4,13-14,16,18H2,1-2H3,(H2,29,30,31). The molecule has 0 aliphatic heterocycles. The molecule has 4 nitrogen and oxygen atoms in total. The summed E-state index contributed by atoms with van der Waals surface area (Å²) < 4.78 is 10.9. The van der Waals surface area contributed by atoms with Crippen LogP contribution in [0.4, 0.5) is 0 Å². The largest absolute Gasteiger partial charge is 0.325 e. The average molecular weight is 472 g/mol. The van der Waals surface area contributed by atoms with Gasteiger partial charge < -0.3 is 15.1 Å². The minimum absolute atomic E-state index is 0.0846. The van der Waals surface area contributed by atoms with Gasteiger partial charge >= 0.3 is 7.60 Å². The molecule has 0 spiro atoms. The van der Waals surface area contributed by atoms with Crippen molar-refractivity contribution < 1.29 is 14.4 Å². The van der Waals surface area contributed by atoms with E-state index in [9.17, 15) is 4.57 Å². The normalized spacial score (nSPS) is 12.7. The highest BCUT2D eigenvalue weighted by Gasteiger charge is 2.16. The van der Waals surface area contributed by atoms with Gasteiger partial charge in [0, 0.05) is 17.5 Å². The van der Waals surface area contributed by atoms with E-state index in [0.717, 1.165) is 17.0 Å². The lowest BCUT2D eigenvalue weighted by atomic mass is 9.85. The van der Waals surface area contributed by atoms with E-state index >= 15 is 0 Å². The third-order valence-electron chi connectivity index (χ3n) is 5.78. The minimum Gasteiger partial charge on any atom is -0.324 e. The smallest absolute Gasteiger partial charge is 0.324 e. The van der Waals surface area contributed by atoms with Gasteiger partial charge in [-0.25, -0.2) is 0 Å². The molecular weight excluding hydrogens is 441 g/mol. The zero-order chi connectivity index (χ0) is 23.1. The second-order valence-corrected chi connectivity index (χ2v) is 10.6. The van der Waals surface area contributed by atoms with E-state index in [1.165, 1.54) is 27.8 Å². The fraction of sp³-hybridized carbons (Fsp3) is 0.308. The van der Waals surface area contributed by atoms with Gasteiger partial charge in [-0.15, -0.1) is 0 Å². The van der Waals surface area contributed by atoms with Crippen molar-refractivity contribution >= 4 is 19.2 Å². The molecule has 0 amide bonds. The highest BCUT2D eigenvalue weighted by Crippen LogP contribution is 2.34. The Morgan fingerprint density at radius 1 is 0.906 bits per heavy atom. The van der Waals surface area contributed by atoms with Gasteiger partial charge in [0.05, 0.1) is 6.16 Å². The molecule has 1 atom stereocenters. The Morgan fingerprint density at radius 2 is 1.62 bits per heavy atom. The first-order valence-corrected chi connectivity index (χ1v) is 13.0. The number of hydrogen-bond donors (Lipinski definition) is 3.